The van der Waals surface area contributed by atoms with Crippen LogP contribution in [0.1, 0.15) is 31.5 Å². The highest BCUT2D eigenvalue weighted by atomic mass is 32.1. The highest BCUT2D eigenvalue weighted by Gasteiger charge is 2.37. The van der Waals surface area contributed by atoms with Crippen LogP contribution in [0.4, 0.5) is 0 Å². The van der Waals surface area contributed by atoms with E-state index in [-0.39, 0.29) is 5.92 Å². The molecule has 1 unspecified atom stereocenters. The summed E-state index contributed by atoms with van der Waals surface area (Å²) in [6, 6.07) is 0. The van der Waals surface area contributed by atoms with Gasteiger partial charge in [-0.1, -0.05) is 13.8 Å². The second-order valence-electron chi connectivity index (χ2n) is 4.41. The molecule has 0 aliphatic heterocycles. The van der Waals surface area contributed by atoms with Gasteiger partial charge in [0.25, 0.3) is 0 Å². The van der Waals surface area contributed by atoms with Gasteiger partial charge in [0.15, 0.2) is 0 Å². The fraction of sp³-hybridized carbons (Fsp3) is 0.636. The van der Waals surface area contributed by atoms with E-state index in [1.165, 1.54) is 0 Å². The number of aromatic nitrogens is 1. The summed E-state index contributed by atoms with van der Waals surface area (Å²) >= 11 is 1.56. The van der Waals surface area contributed by atoms with E-state index in [2.05, 4.69) is 4.98 Å². The summed E-state index contributed by atoms with van der Waals surface area (Å²) in [6.07, 6.45) is 0.504. The Kier molecular flexibility index (Phi) is 3.50. The number of aryl methyl sites for hydroxylation is 1. The quantitative estimate of drug-likeness (QED) is 0.860. The fourth-order valence-electron chi connectivity index (χ4n) is 1.39. The minimum Gasteiger partial charge on any atom is -0.481 e. The number of hydrogen-bond acceptors (Lipinski definition) is 3. The van der Waals surface area contributed by atoms with Crippen molar-refractivity contribution in [2.75, 3.05) is 0 Å². The standard InChI is InChI=1S/C11H17NO2S/c1-7(2)11(4,10(13)14)5-9-6-15-8(3)12-9/h6-7H,5H2,1-4H3,(H,13,14). The number of hydrogen-bond donors (Lipinski definition) is 1. The summed E-state index contributed by atoms with van der Waals surface area (Å²) in [5.41, 5.74) is 0.164. The lowest BCUT2D eigenvalue weighted by molar-refractivity contribution is -0.150. The van der Waals surface area contributed by atoms with E-state index in [1.807, 2.05) is 26.2 Å². The van der Waals surface area contributed by atoms with Gasteiger partial charge >= 0.3 is 5.97 Å². The summed E-state index contributed by atoms with van der Waals surface area (Å²) in [7, 11) is 0. The molecule has 0 amide bonds. The third-order valence-corrected chi connectivity index (χ3v) is 3.80. The molecule has 0 radical (unpaired) electrons. The molecule has 3 nitrogen and oxygen atoms in total. The van der Waals surface area contributed by atoms with Crippen LogP contribution in [0.5, 0.6) is 0 Å². The number of aliphatic carboxylic acids is 1. The summed E-state index contributed by atoms with van der Waals surface area (Å²) in [5.74, 6) is -0.653. The van der Waals surface area contributed by atoms with Gasteiger partial charge in [-0.15, -0.1) is 11.3 Å². The average molecular weight is 227 g/mol. The largest absolute Gasteiger partial charge is 0.481 e. The van der Waals surface area contributed by atoms with E-state index in [0.29, 0.717) is 6.42 Å². The zero-order chi connectivity index (χ0) is 11.6. The maximum Gasteiger partial charge on any atom is 0.310 e. The minimum absolute atomic E-state index is 0.0945. The number of nitrogens with zero attached hydrogens (tertiary/aromatic N) is 1. The molecule has 1 N–H and O–H groups in total. The molecule has 0 aliphatic rings. The highest BCUT2D eigenvalue weighted by molar-refractivity contribution is 7.09. The Hall–Kier alpha value is -0.900. The van der Waals surface area contributed by atoms with Gasteiger partial charge in [0.2, 0.25) is 0 Å². The molecule has 15 heavy (non-hydrogen) atoms. The van der Waals surface area contributed by atoms with Crippen LogP contribution in [0.15, 0.2) is 5.38 Å². The van der Waals surface area contributed by atoms with Crippen molar-refractivity contribution >= 4 is 17.3 Å². The van der Waals surface area contributed by atoms with Crippen molar-refractivity contribution in [1.29, 1.82) is 0 Å². The van der Waals surface area contributed by atoms with Gasteiger partial charge in [-0.25, -0.2) is 4.98 Å². The summed E-state index contributed by atoms with van der Waals surface area (Å²) in [5, 5.41) is 12.2. The van der Waals surface area contributed by atoms with Crippen LogP contribution >= 0.6 is 11.3 Å². The molecule has 0 bridgehead atoms. The van der Waals surface area contributed by atoms with Crippen molar-refractivity contribution in [2.24, 2.45) is 11.3 Å². The topological polar surface area (TPSA) is 50.2 Å². The van der Waals surface area contributed by atoms with E-state index in [1.54, 1.807) is 18.3 Å². The molecule has 1 atom stereocenters. The highest BCUT2D eigenvalue weighted by Crippen LogP contribution is 2.31. The first-order chi connectivity index (χ1) is 6.86. The van der Waals surface area contributed by atoms with Crippen molar-refractivity contribution in [3.8, 4) is 0 Å². The van der Waals surface area contributed by atoms with Crippen LogP contribution in [0, 0.1) is 18.3 Å². The predicted molar refractivity (Wildman–Crippen MR) is 61.1 cm³/mol. The Balaban J connectivity index is 2.89. The zero-order valence-electron chi connectivity index (χ0n) is 9.57. The van der Waals surface area contributed by atoms with Gasteiger partial charge in [-0.2, -0.15) is 0 Å². The molecular weight excluding hydrogens is 210 g/mol. The molecule has 0 spiro atoms. The van der Waals surface area contributed by atoms with Crippen LogP contribution in [-0.2, 0) is 11.2 Å². The maximum atomic E-state index is 11.2. The van der Waals surface area contributed by atoms with Gasteiger partial charge in [0.05, 0.1) is 16.1 Å². The van der Waals surface area contributed by atoms with Gasteiger partial charge in [0.1, 0.15) is 0 Å². The summed E-state index contributed by atoms with van der Waals surface area (Å²) in [6.45, 7) is 7.59. The second kappa shape index (κ2) is 4.31. The molecule has 0 aromatic carbocycles. The monoisotopic (exact) mass is 227 g/mol. The lowest BCUT2D eigenvalue weighted by Gasteiger charge is -2.28. The minimum atomic E-state index is -0.747. The summed E-state index contributed by atoms with van der Waals surface area (Å²) < 4.78 is 0. The molecule has 1 heterocycles. The third kappa shape index (κ3) is 2.56. The first-order valence-electron chi connectivity index (χ1n) is 5.00. The van der Waals surface area contributed by atoms with Crippen molar-refractivity contribution in [2.45, 2.75) is 34.1 Å². The van der Waals surface area contributed by atoms with Crippen molar-refractivity contribution in [1.82, 2.24) is 4.98 Å². The Bertz CT molecular complexity index is 359. The lowest BCUT2D eigenvalue weighted by atomic mass is 9.76. The second-order valence-corrected chi connectivity index (χ2v) is 5.47. The number of carboxylic acids is 1. The molecule has 0 saturated carbocycles. The SMILES string of the molecule is Cc1nc(CC(C)(C(=O)O)C(C)C)cs1. The lowest BCUT2D eigenvalue weighted by Crippen LogP contribution is -2.35. The number of carbonyl (C=O) groups is 1. The van der Waals surface area contributed by atoms with Gasteiger partial charge in [-0.3, -0.25) is 4.79 Å². The van der Waals surface area contributed by atoms with Crippen molar-refractivity contribution in [3.63, 3.8) is 0 Å². The van der Waals surface area contributed by atoms with Crippen LogP contribution in [-0.4, -0.2) is 16.1 Å². The Morgan fingerprint density at radius 2 is 2.27 bits per heavy atom. The molecule has 1 rings (SSSR count). The van der Waals surface area contributed by atoms with E-state index in [4.69, 9.17) is 0 Å². The normalized spacial score (nSPS) is 15.3. The predicted octanol–water partition coefficient (Wildman–Crippen LogP) is 2.74. The number of thiazole rings is 1. The first kappa shape index (κ1) is 12.2. The zero-order valence-corrected chi connectivity index (χ0v) is 10.4. The van der Waals surface area contributed by atoms with E-state index in [9.17, 15) is 9.90 Å². The Morgan fingerprint density at radius 1 is 1.67 bits per heavy atom. The Labute approximate surface area is 94.2 Å². The van der Waals surface area contributed by atoms with Gasteiger partial charge < -0.3 is 5.11 Å². The van der Waals surface area contributed by atoms with Crippen LogP contribution in [0.2, 0.25) is 0 Å². The molecule has 84 valence electrons. The van der Waals surface area contributed by atoms with Crippen LogP contribution < -0.4 is 0 Å². The van der Waals surface area contributed by atoms with Gasteiger partial charge in [0, 0.05) is 11.8 Å². The maximum absolute atomic E-state index is 11.2. The molecular formula is C11H17NO2S. The third-order valence-electron chi connectivity index (χ3n) is 2.98. The average Bonchev–Trinajstić information content (AvgIpc) is 2.50. The van der Waals surface area contributed by atoms with Crippen molar-refractivity contribution < 1.29 is 9.90 Å². The van der Waals surface area contributed by atoms with Crippen LogP contribution in [0.25, 0.3) is 0 Å². The van der Waals surface area contributed by atoms with E-state index < -0.39 is 11.4 Å². The molecule has 4 heteroatoms. The molecule has 0 saturated heterocycles. The molecule has 1 aromatic heterocycles. The fourth-order valence-corrected chi connectivity index (χ4v) is 2.00. The molecule has 0 aliphatic carbocycles. The summed E-state index contributed by atoms with van der Waals surface area (Å²) in [4.78, 5) is 15.6. The number of carboxylic acid groups (broad SMARTS) is 1. The van der Waals surface area contributed by atoms with E-state index in [0.717, 1.165) is 10.7 Å². The van der Waals surface area contributed by atoms with Crippen LogP contribution in [0.3, 0.4) is 0 Å². The molecule has 0 fully saturated rings. The van der Waals surface area contributed by atoms with E-state index >= 15 is 0 Å². The molecule has 1 aromatic rings. The van der Waals surface area contributed by atoms with Gasteiger partial charge in [-0.05, 0) is 19.8 Å². The van der Waals surface area contributed by atoms with Crippen molar-refractivity contribution in [3.05, 3.63) is 16.1 Å². The number of rotatable bonds is 4. The first-order valence-corrected chi connectivity index (χ1v) is 5.88. The smallest absolute Gasteiger partial charge is 0.310 e. The Morgan fingerprint density at radius 3 is 2.60 bits per heavy atom.